The van der Waals surface area contributed by atoms with Gasteiger partial charge in [-0.25, -0.2) is 4.39 Å². The zero-order chi connectivity index (χ0) is 21.8. The van der Waals surface area contributed by atoms with E-state index < -0.39 is 0 Å². The van der Waals surface area contributed by atoms with Crippen LogP contribution in [-0.4, -0.2) is 51.9 Å². The number of hydrogen-bond acceptors (Lipinski definition) is 5. The minimum atomic E-state index is -0.325. The van der Waals surface area contributed by atoms with Gasteiger partial charge in [-0.05, 0) is 23.8 Å². The Morgan fingerprint density at radius 3 is 2.55 bits per heavy atom. The van der Waals surface area contributed by atoms with Crippen molar-refractivity contribution in [3.05, 3.63) is 71.3 Å². The first-order chi connectivity index (χ1) is 15.1. The van der Waals surface area contributed by atoms with Crippen LogP contribution in [0.15, 0.2) is 53.7 Å². The van der Waals surface area contributed by atoms with E-state index in [1.807, 2.05) is 43.0 Å². The summed E-state index contributed by atoms with van der Waals surface area (Å²) in [5.74, 6) is 0.991. The van der Waals surface area contributed by atoms with Gasteiger partial charge >= 0.3 is 0 Å². The SMILES string of the molecule is CC(C)c1nnc(SCc2ccccc2C(=O)N2CCOCC2)n1-c1ccccc1F. The molecular weight excluding hydrogens is 415 g/mol. The molecule has 1 amide bonds. The normalized spacial score (nSPS) is 14.3. The van der Waals surface area contributed by atoms with Crippen LogP contribution in [0.2, 0.25) is 0 Å². The number of ether oxygens (including phenoxy) is 1. The second-order valence-corrected chi connectivity index (χ2v) is 8.58. The van der Waals surface area contributed by atoms with Crippen molar-refractivity contribution < 1.29 is 13.9 Å². The summed E-state index contributed by atoms with van der Waals surface area (Å²) in [7, 11) is 0. The van der Waals surface area contributed by atoms with E-state index in [2.05, 4.69) is 10.2 Å². The van der Waals surface area contributed by atoms with Gasteiger partial charge < -0.3 is 9.64 Å². The van der Waals surface area contributed by atoms with Crippen molar-refractivity contribution in [3.8, 4) is 5.69 Å². The molecule has 1 aliphatic rings. The second kappa shape index (κ2) is 9.62. The van der Waals surface area contributed by atoms with Gasteiger partial charge in [0.05, 0.1) is 18.9 Å². The van der Waals surface area contributed by atoms with Gasteiger partial charge in [0.1, 0.15) is 11.6 Å². The quantitative estimate of drug-likeness (QED) is 0.535. The molecule has 2 aromatic carbocycles. The molecule has 0 saturated carbocycles. The highest BCUT2D eigenvalue weighted by Crippen LogP contribution is 2.30. The van der Waals surface area contributed by atoms with E-state index in [9.17, 15) is 9.18 Å². The van der Waals surface area contributed by atoms with Crippen LogP contribution in [0.3, 0.4) is 0 Å². The standard InChI is InChI=1S/C23H25FN4O2S/c1-16(2)21-25-26-23(28(21)20-10-6-5-9-19(20)24)31-15-17-7-3-4-8-18(17)22(29)27-11-13-30-14-12-27/h3-10,16H,11-15H2,1-2H3. The molecule has 0 atom stereocenters. The summed E-state index contributed by atoms with van der Waals surface area (Å²) in [6.07, 6.45) is 0. The molecule has 2 heterocycles. The number of halogens is 1. The fourth-order valence-electron chi connectivity index (χ4n) is 3.54. The molecule has 0 radical (unpaired) electrons. The van der Waals surface area contributed by atoms with Crippen molar-refractivity contribution in [2.24, 2.45) is 0 Å². The third kappa shape index (κ3) is 4.65. The van der Waals surface area contributed by atoms with E-state index in [0.717, 1.165) is 5.56 Å². The molecule has 0 spiro atoms. The second-order valence-electron chi connectivity index (χ2n) is 7.63. The Morgan fingerprint density at radius 1 is 1.10 bits per heavy atom. The summed E-state index contributed by atoms with van der Waals surface area (Å²) in [5.41, 5.74) is 2.02. The Balaban J connectivity index is 1.61. The van der Waals surface area contributed by atoms with Crippen LogP contribution >= 0.6 is 11.8 Å². The number of nitrogens with zero attached hydrogens (tertiary/aromatic N) is 4. The Kier molecular flexibility index (Phi) is 6.67. The maximum absolute atomic E-state index is 14.6. The number of morpholine rings is 1. The molecule has 1 aromatic heterocycles. The van der Waals surface area contributed by atoms with Gasteiger partial charge in [-0.1, -0.05) is 55.9 Å². The molecule has 1 saturated heterocycles. The van der Waals surface area contributed by atoms with Gasteiger partial charge in [0, 0.05) is 30.3 Å². The Morgan fingerprint density at radius 2 is 1.81 bits per heavy atom. The maximum Gasteiger partial charge on any atom is 0.254 e. The highest BCUT2D eigenvalue weighted by molar-refractivity contribution is 7.98. The Bertz CT molecular complexity index is 1060. The first kappa shape index (κ1) is 21.5. The van der Waals surface area contributed by atoms with Crippen molar-refractivity contribution in [3.63, 3.8) is 0 Å². The van der Waals surface area contributed by atoms with Gasteiger partial charge in [0.2, 0.25) is 0 Å². The molecule has 0 bridgehead atoms. The molecule has 1 fully saturated rings. The van der Waals surface area contributed by atoms with E-state index in [4.69, 9.17) is 4.74 Å². The van der Waals surface area contributed by atoms with Crippen LogP contribution in [-0.2, 0) is 10.5 Å². The summed E-state index contributed by atoms with van der Waals surface area (Å²) >= 11 is 1.45. The molecule has 0 N–H and O–H groups in total. The molecule has 3 aromatic rings. The molecular formula is C23H25FN4O2S. The van der Waals surface area contributed by atoms with Crippen molar-refractivity contribution in [1.82, 2.24) is 19.7 Å². The number of hydrogen-bond donors (Lipinski definition) is 0. The van der Waals surface area contributed by atoms with E-state index in [1.54, 1.807) is 22.8 Å². The van der Waals surface area contributed by atoms with Crippen LogP contribution in [0.1, 0.15) is 41.5 Å². The first-order valence-corrected chi connectivity index (χ1v) is 11.3. The fourth-order valence-corrected chi connectivity index (χ4v) is 4.50. The van der Waals surface area contributed by atoms with Gasteiger partial charge in [-0.2, -0.15) is 0 Å². The highest BCUT2D eigenvalue weighted by Gasteiger charge is 2.23. The van der Waals surface area contributed by atoms with E-state index in [0.29, 0.717) is 54.3 Å². The Hall–Kier alpha value is -2.71. The first-order valence-electron chi connectivity index (χ1n) is 10.3. The average Bonchev–Trinajstić information content (AvgIpc) is 3.22. The number of rotatable bonds is 6. The smallest absolute Gasteiger partial charge is 0.254 e. The largest absolute Gasteiger partial charge is 0.378 e. The van der Waals surface area contributed by atoms with Crippen molar-refractivity contribution in [1.29, 1.82) is 0 Å². The molecule has 0 aliphatic carbocycles. The highest BCUT2D eigenvalue weighted by atomic mass is 32.2. The number of para-hydroxylation sites is 1. The number of carbonyl (C=O) groups excluding carboxylic acids is 1. The Labute approximate surface area is 185 Å². The van der Waals surface area contributed by atoms with Gasteiger partial charge in [0.15, 0.2) is 5.16 Å². The monoisotopic (exact) mass is 440 g/mol. The third-order valence-electron chi connectivity index (χ3n) is 5.17. The lowest BCUT2D eigenvalue weighted by Crippen LogP contribution is -2.41. The van der Waals surface area contributed by atoms with Gasteiger partial charge in [-0.15, -0.1) is 10.2 Å². The fraction of sp³-hybridized carbons (Fsp3) is 0.348. The molecule has 31 heavy (non-hydrogen) atoms. The maximum atomic E-state index is 14.6. The predicted octanol–water partition coefficient (Wildman–Crippen LogP) is 4.29. The number of aromatic nitrogens is 3. The van der Waals surface area contributed by atoms with Crippen molar-refractivity contribution >= 4 is 17.7 Å². The lowest BCUT2D eigenvalue weighted by molar-refractivity contribution is 0.0302. The number of amides is 1. The van der Waals surface area contributed by atoms with Gasteiger partial charge in [0.25, 0.3) is 5.91 Å². The average molecular weight is 441 g/mol. The summed E-state index contributed by atoms with van der Waals surface area (Å²) in [6, 6.07) is 14.2. The van der Waals surface area contributed by atoms with E-state index in [1.165, 1.54) is 17.8 Å². The zero-order valence-corrected chi connectivity index (χ0v) is 18.4. The van der Waals surface area contributed by atoms with E-state index in [-0.39, 0.29) is 17.6 Å². The van der Waals surface area contributed by atoms with Crippen LogP contribution < -0.4 is 0 Å². The predicted molar refractivity (Wildman–Crippen MR) is 118 cm³/mol. The molecule has 0 unspecified atom stereocenters. The lowest BCUT2D eigenvalue weighted by atomic mass is 10.1. The number of benzene rings is 2. The third-order valence-corrected chi connectivity index (χ3v) is 6.15. The molecule has 1 aliphatic heterocycles. The van der Waals surface area contributed by atoms with Crippen LogP contribution in [0.4, 0.5) is 4.39 Å². The molecule has 6 nitrogen and oxygen atoms in total. The van der Waals surface area contributed by atoms with Gasteiger partial charge in [-0.3, -0.25) is 9.36 Å². The molecule has 8 heteroatoms. The van der Waals surface area contributed by atoms with Crippen LogP contribution in [0.25, 0.3) is 5.69 Å². The molecule has 4 rings (SSSR count). The lowest BCUT2D eigenvalue weighted by Gasteiger charge is -2.27. The van der Waals surface area contributed by atoms with Crippen LogP contribution in [0.5, 0.6) is 0 Å². The topological polar surface area (TPSA) is 60.3 Å². The van der Waals surface area contributed by atoms with Crippen molar-refractivity contribution in [2.75, 3.05) is 26.3 Å². The zero-order valence-electron chi connectivity index (χ0n) is 17.6. The number of carbonyl (C=O) groups is 1. The summed E-state index contributed by atoms with van der Waals surface area (Å²) in [5, 5.41) is 9.24. The minimum absolute atomic E-state index is 0.0120. The molecule has 162 valence electrons. The van der Waals surface area contributed by atoms with E-state index >= 15 is 0 Å². The summed E-state index contributed by atoms with van der Waals surface area (Å²) in [4.78, 5) is 14.9. The summed E-state index contributed by atoms with van der Waals surface area (Å²) < 4.78 is 21.7. The van der Waals surface area contributed by atoms with Crippen LogP contribution in [0, 0.1) is 5.82 Å². The minimum Gasteiger partial charge on any atom is -0.378 e. The number of thioether (sulfide) groups is 1. The summed E-state index contributed by atoms with van der Waals surface area (Å²) in [6.45, 7) is 6.33. The van der Waals surface area contributed by atoms with Crippen molar-refractivity contribution in [2.45, 2.75) is 30.7 Å².